The average Bonchev–Trinajstić information content (AvgIpc) is 3.49. The number of aldehydes is 1. The Hall–Kier alpha value is -3.43. The summed E-state index contributed by atoms with van der Waals surface area (Å²) in [5.74, 6) is -2.06. The topological polar surface area (TPSA) is 164 Å². The van der Waals surface area contributed by atoms with Crippen LogP contribution in [0.3, 0.4) is 0 Å². The molecule has 15 heteroatoms. The van der Waals surface area contributed by atoms with Gasteiger partial charge < -0.3 is 10.8 Å². The molecule has 2 aliphatic rings. The maximum Gasteiger partial charge on any atom is 0.352 e. The summed E-state index contributed by atoms with van der Waals surface area (Å²) in [6, 6.07) is 2.58. The van der Waals surface area contributed by atoms with Gasteiger partial charge in [0.1, 0.15) is 28.0 Å². The number of nitrogens with two attached hydrogens (primary N) is 1. The number of nitrogen functional groups attached to an aromatic ring is 1. The van der Waals surface area contributed by atoms with E-state index < -0.39 is 29.2 Å². The molecule has 0 saturated carbocycles. The number of aliphatic carboxylic acids is 1. The Kier molecular flexibility index (Phi) is 5.98. The zero-order valence-electron chi connectivity index (χ0n) is 18.0. The van der Waals surface area contributed by atoms with Gasteiger partial charge in [0.25, 0.3) is 11.8 Å². The molecule has 12 nitrogen and oxygen atoms in total. The number of fused-ring (bicyclic) bond motifs is 2. The van der Waals surface area contributed by atoms with Gasteiger partial charge >= 0.3 is 5.97 Å². The van der Waals surface area contributed by atoms with Gasteiger partial charge in [-0.15, -0.1) is 34.9 Å². The molecule has 180 valence electrons. The lowest BCUT2D eigenvalue weighted by atomic mass is 10.0. The number of β-lactam (4-membered cyclic amide) rings is 1. The fraction of sp³-hybridized carbons (Fsp3) is 0.250. The van der Waals surface area contributed by atoms with E-state index in [1.54, 1.807) is 16.8 Å². The van der Waals surface area contributed by atoms with Crippen LogP contribution < -0.4 is 10.6 Å². The second-order valence-corrected chi connectivity index (χ2v) is 10.6. The van der Waals surface area contributed by atoms with Gasteiger partial charge in [0.2, 0.25) is 6.29 Å². The highest BCUT2D eigenvalue weighted by molar-refractivity contribution is 8.01. The van der Waals surface area contributed by atoms with E-state index in [4.69, 9.17) is 5.73 Å². The number of carboxylic acids is 1. The van der Waals surface area contributed by atoms with Crippen molar-refractivity contribution in [3.05, 3.63) is 40.7 Å². The molecule has 0 radical (unpaired) electrons. The summed E-state index contributed by atoms with van der Waals surface area (Å²) in [6.07, 6.45) is 1.75. The Labute approximate surface area is 210 Å². The zero-order valence-corrected chi connectivity index (χ0v) is 20.5. The minimum atomic E-state index is -1.24. The third-order valence-electron chi connectivity index (χ3n) is 5.50. The molecule has 5 rings (SSSR count). The van der Waals surface area contributed by atoms with Crippen molar-refractivity contribution in [1.29, 1.82) is 0 Å². The molecule has 0 bridgehead atoms. The first-order valence-electron chi connectivity index (χ1n) is 10.1. The van der Waals surface area contributed by atoms with Crippen LogP contribution in [0.4, 0.5) is 10.9 Å². The minimum Gasteiger partial charge on any atom is -0.477 e. The van der Waals surface area contributed by atoms with Crippen LogP contribution in [-0.2, 0) is 19.2 Å². The Morgan fingerprint density at radius 2 is 2.20 bits per heavy atom. The molecule has 3 aromatic heterocycles. The standard InChI is InChI=1S/C20H17N7O5S3/c1-9-4-13(23-11-2-3-22-27(9)11)33-6-10-7-34-18-16(17(30)26(18)15(10)19(31)32)25(14(29)5-28)12-8-35-20(21)24-12/h2-5,8,16,18H,6-7H2,1H3,(H2,21,24)(H,31,32)/t16-,18-/m1/s1. The first-order valence-corrected chi connectivity index (χ1v) is 13.0. The van der Waals surface area contributed by atoms with Crippen LogP contribution in [0.2, 0.25) is 0 Å². The second-order valence-electron chi connectivity index (χ2n) is 7.61. The lowest BCUT2D eigenvalue weighted by molar-refractivity contribution is -0.149. The van der Waals surface area contributed by atoms with Crippen molar-refractivity contribution in [2.45, 2.75) is 23.4 Å². The Balaban J connectivity index is 1.41. The number of thioether (sulfide) groups is 2. The fourth-order valence-corrected chi connectivity index (χ4v) is 7.02. The van der Waals surface area contributed by atoms with E-state index >= 15 is 0 Å². The number of aryl methyl sites for hydroxylation is 1. The van der Waals surface area contributed by atoms with Gasteiger partial charge in [-0.3, -0.25) is 24.2 Å². The summed E-state index contributed by atoms with van der Waals surface area (Å²) in [6.45, 7) is 1.90. The number of nitrogens with zero attached hydrogens (tertiary/aromatic N) is 6. The lowest BCUT2D eigenvalue weighted by Gasteiger charge is -2.52. The number of hydrogen-bond acceptors (Lipinski definition) is 11. The molecular weight excluding hydrogens is 514 g/mol. The second kappa shape index (κ2) is 8.98. The molecular formula is C20H17N7O5S3. The van der Waals surface area contributed by atoms with Crippen LogP contribution in [0.1, 0.15) is 5.69 Å². The quantitative estimate of drug-likeness (QED) is 0.147. The largest absolute Gasteiger partial charge is 0.477 e. The van der Waals surface area contributed by atoms with Crippen molar-refractivity contribution < 1.29 is 24.3 Å². The third kappa shape index (κ3) is 3.94. The van der Waals surface area contributed by atoms with Crippen molar-refractivity contribution in [2.24, 2.45) is 0 Å². The summed E-state index contributed by atoms with van der Waals surface area (Å²) < 4.78 is 1.70. The number of carboxylic acid groups (broad SMARTS) is 1. The lowest BCUT2D eigenvalue weighted by Crippen LogP contribution is -2.72. The predicted octanol–water partition coefficient (Wildman–Crippen LogP) is 1.02. The van der Waals surface area contributed by atoms with E-state index in [-0.39, 0.29) is 22.9 Å². The first kappa shape index (κ1) is 23.3. The van der Waals surface area contributed by atoms with Gasteiger partial charge in [0.05, 0.1) is 6.20 Å². The third-order valence-corrected chi connectivity index (χ3v) is 8.49. The zero-order chi connectivity index (χ0) is 24.9. The van der Waals surface area contributed by atoms with E-state index in [0.29, 0.717) is 27.8 Å². The van der Waals surface area contributed by atoms with Crippen LogP contribution in [-0.4, -0.2) is 76.6 Å². The van der Waals surface area contributed by atoms with Gasteiger partial charge in [-0.1, -0.05) is 0 Å². The van der Waals surface area contributed by atoms with Crippen LogP contribution in [0.5, 0.6) is 0 Å². The Morgan fingerprint density at radius 1 is 1.40 bits per heavy atom. The predicted molar refractivity (Wildman–Crippen MR) is 130 cm³/mol. The SMILES string of the molecule is Cc1cc(SCC2=C(C(=O)O)N3C(=O)[C@@H](N(C(=O)C=O)c4csc(N)n4)[C@H]3SC2)nc2ccnn12. The Morgan fingerprint density at radius 3 is 2.89 bits per heavy atom. The van der Waals surface area contributed by atoms with Gasteiger partial charge in [0.15, 0.2) is 10.8 Å². The van der Waals surface area contributed by atoms with E-state index in [1.807, 2.05) is 13.0 Å². The van der Waals surface area contributed by atoms with Gasteiger partial charge in [0, 0.05) is 28.6 Å². The smallest absolute Gasteiger partial charge is 0.352 e. The highest BCUT2D eigenvalue weighted by atomic mass is 32.2. The molecule has 3 N–H and O–H groups in total. The monoisotopic (exact) mass is 531 g/mol. The molecule has 0 aliphatic carbocycles. The van der Waals surface area contributed by atoms with Gasteiger partial charge in [-0.25, -0.2) is 19.3 Å². The van der Waals surface area contributed by atoms with E-state index in [0.717, 1.165) is 21.9 Å². The number of aromatic nitrogens is 4. The molecule has 3 aromatic rings. The van der Waals surface area contributed by atoms with Crippen LogP contribution in [0, 0.1) is 6.92 Å². The summed E-state index contributed by atoms with van der Waals surface area (Å²) in [7, 11) is 0. The van der Waals surface area contributed by atoms with Crippen LogP contribution >= 0.6 is 34.9 Å². The van der Waals surface area contributed by atoms with Crippen molar-refractivity contribution >= 4 is 75.5 Å². The van der Waals surface area contributed by atoms with Crippen LogP contribution in [0.15, 0.2) is 40.0 Å². The summed E-state index contributed by atoms with van der Waals surface area (Å²) >= 11 is 3.75. The summed E-state index contributed by atoms with van der Waals surface area (Å²) in [5.41, 5.74) is 7.68. The van der Waals surface area contributed by atoms with Crippen LogP contribution in [0.25, 0.3) is 5.65 Å². The number of amides is 2. The summed E-state index contributed by atoms with van der Waals surface area (Å²) in [5, 5.41) is 15.8. The first-order chi connectivity index (χ1) is 16.8. The number of hydrogen-bond donors (Lipinski definition) is 2. The highest BCUT2D eigenvalue weighted by Crippen LogP contribution is 2.44. The number of anilines is 2. The maximum atomic E-state index is 13.2. The van der Waals surface area contributed by atoms with E-state index in [2.05, 4.69) is 15.1 Å². The fourth-order valence-electron chi connectivity index (χ4n) is 3.99. The molecule has 1 fully saturated rings. The number of carbonyl (C=O) groups excluding carboxylic acids is 3. The Bertz CT molecular complexity index is 1420. The number of carbonyl (C=O) groups is 4. The van der Waals surface area contributed by atoms with Gasteiger partial charge in [-0.05, 0) is 18.6 Å². The molecule has 2 aliphatic heterocycles. The van der Waals surface area contributed by atoms with Crippen molar-refractivity contribution in [1.82, 2.24) is 24.5 Å². The van der Waals surface area contributed by atoms with E-state index in [9.17, 15) is 24.3 Å². The summed E-state index contributed by atoms with van der Waals surface area (Å²) in [4.78, 5) is 59.7. The molecule has 2 amide bonds. The molecule has 35 heavy (non-hydrogen) atoms. The molecule has 1 saturated heterocycles. The highest BCUT2D eigenvalue weighted by Gasteiger charge is 2.57. The maximum absolute atomic E-state index is 13.2. The molecule has 5 heterocycles. The van der Waals surface area contributed by atoms with Crippen molar-refractivity contribution in [2.75, 3.05) is 22.1 Å². The molecule has 0 spiro atoms. The van der Waals surface area contributed by atoms with Crippen molar-refractivity contribution in [3.63, 3.8) is 0 Å². The normalized spacial score (nSPS) is 19.5. The number of thiazole rings is 1. The number of rotatable bonds is 7. The molecule has 0 aromatic carbocycles. The average molecular weight is 532 g/mol. The van der Waals surface area contributed by atoms with E-state index in [1.165, 1.54) is 33.8 Å². The van der Waals surface area contributed by atoms with Crippen molar-refractivity contribution in [3.8, 4) is 0 Å². The minimum absolute atomic E-state index is 0.0853. The van der Waals surface area contributed by atoms with Gasteiger partial charge in [-0.2, -0.15) is 5.10 Å². The molecule has 0 unspecified atom stereocenters. The molecule has 2 atom stereocenters.